The molecule has 0 atom stereocenters. The zero-order valence-corrected chi connectivity index (χ0v) is 12.0. The molecule has 0 radical (unpaired) electrons. The monoisotopic (exact) mass is 274 g/mol. The van der Waals surface area contributed by atoms with Crippen LogP contribution in [0.3, 0.4) is 0 Å². The molecule has 0 bridgehead atoms. The van der Waals surface area contributed by atoms with E-state index < -0.39 is 5.60 Å². The Labute approximate surface area is 120 Å². The van der Waals surface area contributed by atoms with Crippen molar-refractivity contribution in [1.29, 1.82) is 0 Å². The molecule has 108 valence electrons. The number of likely N-dealkylation sites (tertiary alicyclic amines) is 1. The van der Waals surface area contributed by atoms with Gasteiger partial charge >= 0.3 is 0 Å². The van der Waals surface area contributed by atoms with Crippen LogP contribution in [-0.2, 0) is 11.2 Å². The first-order valence-electron chi connectivity index (χ1n) is 7.38. The zero-order chi connectivity index (χ0) is 14.2. The molecule has 0 spiro atoms. The second-order valence-corrected chi connectivity index (χ2v) is 6.20. The second kappa shape index (κ2) is 5.19. The summed E-state index contributed by atoms with van der Waals surface area (Å²) in [7, 11) is 0. The van der Waals surface area contributed by atoms with E-state index in [1.165, 1.54) is 5.56 Å². The smallest absolute Gasteiger partial charge is 0.241 e. The van der Waals surface area contributed by atoms with Gasteiger partial charge in [-0.3, -0.25) is 9.69 Å². The second-order valence-electron chi connectivity index (χ2n) is 6.20. The third-order valence-corrected chi connectivity index (χ3v) is 4.48. The Bertz CT molecular complexity index is 503. The number of benzene rings is 1. The third-order valence-electron chi connectivity index (χ3n) is 4.48. The first-order valence-corrected chi connectivity index (χ1v) is 7.38. The molecule has 1 saturated heterocycles. The number of para-hydroxylation sites is 1. The van der Waals surface area contributed by atoms with Crippen LogP contribution in [0.1, 0.15) is 25.3 Å². The normalized spacial score (nSPS) is 21.8. The lowest BCUT2D eigenvalue weighted by molar-refractivity contribution is -0.120. The number of rotatable bonds is 2. The van der Waals surface area contributed by atoms with E-state index >= 15 is 0 Å². The molecular formula is C16H22N2O2. The number of piperidine rings is 1. The Kier molecular flexibility index (Phi) is 3.52. The maximum absolute atomic E-state index is 12.5. The van der Waals surface area contributed by atoms with Crippen molar-refractivity contribution in [2.75, 3.05) is 31.1 Å². The van der Waals surface area contributed by atoms with Gasteiger partial charge in [-0.05, 0) is 37.8 Å². The topological polar surface area (TPSA) is 43.8 Å². The molecule has 2 aliphatic heterocycles. The molecular weight excluding hydrogens is 252 g/mol. The molecule has 20 heavy (non-hydrogen) atoms. The van der Waals surface area contributed by atoms with Gasteiger partial charge in [0.15, 0.2) is 0 Å². The highest BCUT2D eigenvalue weighted by Crippen LogP contribution is 2.28. The Morgan fingerprint density at radius 1 is 1.25 bits per heavy atom. The number of nitrogens with zero attached hydrogens (tertiary/aromatic N) is 2. The van der Waals surface area contributed by atoms with Crippen LogP contribution in [-0.4, -0.2) is 47.7 Å². The predicted octanol–water partition coefficient (Wildman–Crippen LogP) is 1.42. The van der Waals surface area contributed by atoms with Crippen LogP contribution in [0.2, 0.25) is 0 Å². The fourth-order valence-electron chi connectivity index (χ4n) is 3.07. The van der Waals surface area contributed by atoms with Crippen molar-refractivity contribution in [3.8, 4) is 0 Å². The van der Waals surface area contributed by atoms with Crippen molar-refractivity contribution >= 4 is 11.6 Å². The summed E-state index contributed by atoms with van der Waals surface area (Å²) in [6, 6.07) is 8.14. The zero-order valence-electron chi connectivity index (χ0n) is 12.0. The summed E-state index contributed by atoms with van der Waals surface area (Å²) in [5.74, 6) is 0.177. The van der Waals surface area contributed by atoms with Gasteiger partial charge in [0, 0.05) is 25.3 Å². The first-order chi connectivity index (χ1) is 9.55. The lowest BCUT2D eigenvalue weighted by atomic mass is 9.94. The van der Waals surface area contributed by atoms with Crippen molar-refractivity contribution in [2.24, 2.45) is 0 Å². The van der Waals surface area contributed by atoms with Crippen LogP contribution < -0.4 is 4.90 Å². The van der Waals surface area contributed by atoms with Crippen molar-refractivity contribution in [2.45, 2.75) is 31.8 Å². The number of anilines is 1. The minimum Gasteiger partial charge on any atom is -0.390 e. The molecule has 0 unspecified atom stereocenters. The van der Waals surface area contributed by atoms with Crippen LogP contribution in [0.5, 0.6) is 0 Å². The molecule has 1 aromatic rings. The Morgan fingerprint density at radius 2 is 1.95 bits per heavy atom. The molecule has 1 N–H and O–H groups in total. The summed E-state index contributed by atoms with van der Waals surface area (Å²) in [5, 5.41) is 9.95. The highest BCUT2D eigenvalue weighted by Gasteiger charge is 2.30. The van der Waals surface area contributed by atoms with Gasteiger partial charge in [0.1, 0.15) is 0 Å². The van der Waals surface area contributed by atoms with Gasteiger partial charge in [0.25, 0.3) is 0 Å². The Balaban J connectivity index is 1.61. The summed E-state index contributed by atoms with van der Waals surface area (Å²) in [4.78, 5) is 16.5. The molecule has 0 aromatic heterocycles. The molecule has 4 heteroatoms. The number of fused-ring (bicyclic) bond motifs is 1. The Morgan fingerprint density at radius 3 is 2.70 bits per heavy atom. The fourth-order valence-corrected chi connectivity index (χ4v) is 3.07. The molecule has 0 saturated carbocycles. The summed E-state index contributed by atoms with van der Waals surface area (Å²) in [5.41, 5.74) is 1.78. The van der Waals surface area contributed by atoms with E-state index in [1.54, 1.807) is 0 Å². The molecule has 2 aliphatic rings. The van der Waals surface area contributed by atoms with Gasteiger partial charge in [-0.15, -0.1) is 0 Å². The van der Waals surface area contributed by atoms with Crippen molar-refractivity contribution in [3.05, 3.63) is 29.8 Å². The van der Waals surface area contributed by atoms with Gasteiger partial charge < -0.3 is 10.0 Å². The summed E-state index contributed by atoms with van der Waals surface area (Å²) < 4.78 is 0. The van der Waals surface area contributed by atoms with E-state index in [1.807, 2.05) is 30.0 Å². The fraction of sp³-hybridized carbons (Fsp3) is 0.562. The quantitative estimate of drug-likeness (QED) is 0.887. The third kappa shape index (κ3) is 2.72. The highest BCUT2D eigenvalue weighted by molar-refractivity contribution is 5.96. The average molecular weight is 274 g/mol. The molecule has 1 fully saturated rings. The van der Waals surface area contributed by atoms with Crippen LogP contribution in [0.25, 0.3) is 0 Å². The van der Waals surface area contributed by atoms with E-state index in [-0.39, 0.29) is 5.91 Å². The van der Waals surface area contributed by atoms with Crippen molar-refractivity contribution < 1.29 is 9.90 Å². The summed E-state index contributed by atoms with van der Waals surface area (Å²) in [6.45, 7) is 4.74. The molecule has 1 amide bonds. The van der Waals surface area contributed by atoms with Crippen LogP contribution in [0, 0.1) is 0 Å². The predicted molar refractivity (Wildman–Crippen MR) is 78.8 cm³/mol. The minimum absolute atomic E-state index is 0.177. The number of hydrogen-bond acceptors (Lipinski definition) is 3. The van der Waals surface area contributed by atoms with Crippen LogP contribution >= 0.6 is 0 Å². The van der Waals surface area contributed by atoms with Gasteiger partial charge in [0.05, 0.1) is 12.1 Å². The molecule has 3 rings (SSSR count). The number of carbonyl (C=O) groups is 1. The highest BCUT2D eigenvalue weighted by atomic mass is 16.3. The number of aliphatic hydroxyl groups is 1. The van der Waals surface area contributed by atoms with Gasteiger partial charge in [-0.1, -0.05) is 18.2 Å². The number of carbonyl (C=O) groups excluding carboxylic acids is 1. The Hall–Kier alpha value is -1.39. The van der Waals surface area contributed by atoms with Crippen molar-refractivity contribution in [3.63, 3.8) is 0 Å². The lowest BCUT2D eigenvalue weighted by Crippen LogP contribution is -2.47. The minimum atomic E-state index is -0.556. The maximum Gasteiger partial charge on any atom is 0.241 e. The molecule has 1 aromatic carbocycles. The van der Waals surface area contributed by atoms with E-state index in [4.69, 9.17) is 0 Å². The number of amides is 1. The van der Waals surface area contributed by atoms with Crippen LogP contribution in [0.15, 0.2) is 24.3 Å². The lowest BCUT2D eigenvalue weighted by Gasteiger charge is -2.36. The van der Waals surface area contributed by atoms with E-state index in [2.05, 4.69) is 11.0 Å². The van der Waals surface area contributed by atoms with E-state index in [0.29, 0.717) is 6.54 Å². The van der Waals surface area contributed by atoms with Gasteiger partial charge in [-0.2, -0.15) is 0 Å². The average Bonchev–Trinajstić information content (AvgIpc) is 2.85. The summed E-state index contributed by atoms with van der Waals surface area (Å²) in [6.07, 6.45) is 2.45. The van der Waals surface area contributed by atoms with E-state index in [9.17, 15) is 9.90 Å². The SMILES string of the molecule is CC1(O)CCN(CC(=O)N2CCc3ccccc32)CC1. The molecule has 2 heterocycles. The standard InChI is InChI=1S/C16H22N2O2/c1-16(20)7-10-17(11-8-16)12-15(19)18-9-6-13-4-2-3-5-14(13)18/h2-5,20H,6-12H2,1H3. The van der Waals surface area contributed by atoms with E-state index in [0.717, 1.165) is 44.6 Å². The van der Waals surface area contributed by atoms with Gasteiger partial charge in [0.2, 0.25) is 5.91 Å². The summed E-state index contributed by atoms with van der Waals surface area (Å²) >= 11 is 0. The van der Waals surface area contributed by atoms with Gasteiger partial charge in [-0.25, -0.2) is 0 Å². The molecule has 0 aliphatic carbocycles. The number of hydrogen-bond donors (Lipinski definition) is 1. The largest absolute Gasteiger partial charge is 0.390 e. The van der Waals surface area contributed by atoms with Crippen LogP contribution in [0.4, 0.5) is 5.69 Å². The van der Waals surface area contributed by atoms with Crippen molar-refractivity contribution in [1.82, 2.24) is 4.90 Å². The first kappa shape index (κ1) is 13.6. The molecule has 4 nitrogen and oxygen atoms in total. The maximum atomic E-state index is 12.5.